The van der Waals surface area contributed by atoms with Crippen LogP contribution < -0.4 is 21.7 Å². The molecule has 1 rings (SSSR count). The van der Waals surface area contributed by atoms with Crippen LogP contribution in [0.2, 0.25) is 0 Å². The average molecular weight is 459 g/mol. The van der Waals surface area contributed by atoms with Crippen LogP contribution in [0.1, 0.15) is 26.0 Å². The largest absolute Gasteiger partial charge is 0.480 e. The van der Waals surface area contributed by atoms with Crippen molar-refractivity contribution in [3.63, 3.8) is 0 Å². The second-order valence-corrected chi connectivity index (χ2v) is 7.77. The predicted molar refractivity (Wildman–Crippen MR) is 114 cm³/mol. The summed E-state index contributed by atoms with van der Waals surface area (Å²) in [7, 11) is 0. The molecule has 0 aromatic carbocycles. The highest BCUT2D eigenvalue weighted by Gasteiger charge is 2.30. The first-order valence-electron chi connectivity index (χ1n) is 9.67. The summed E-state index contributed by atoms with van der Waals surface area (Å²) in [4.78, 5) is 55.2. The molecule has 3 amide bonds. The van der Waals surface area contributed by atoms with Gasteiger partial charge in [-0.3, -0.25) is 14.4 Å². The summed E-state index contributed by atoms with van der Waals surface area (Å²) in [6.07, 6.45) is 3.38. The molecule has 0 bridgehead atoms. The van der Waals surface area contributed by atoms with Crippen LogP contribution in [0.25, 0.3) is 0 Å². The van der Waals surface area contributed by atoms with Crippen molar-refractivity contribution < 1.29 is 29.4 Å². The Labute approximate surface area is 185 Å². The minimum atomic E-state index is -1.50. The van der Waals surface area contributed by atoms with Gasteiger partial charge in [-0.15, -0.1) is 0 Å². The minimum absolute atomic E-state index is 0.0136. The molecule has 12 nitrogen and oxygen atoms in total. The number of nitrogens with two attached hydrogens (primary N) is 1. The third-order valence-electron chi connectivity index (χ3n) is 4.28. The van der Waals surface area contributed by atoms with Crippen molar-refractivity contribution in [2.24, 2.45) is 11.7 Å². The molecule has 0 spiro atoms. The van der Waals surface area contributed by atoms with Crippen LogP contribution >= 0.6 is 12.6 Å². The Kier molecular flexibility index (Phi) is 11.0. The van der Waals surface area contributed by atoms with Crippen molar-refractivity contribution in [3.8, 4) is 0 Å². The number of nitrogens with zero attached hydrogens (tertiary/aromatic N) is 1. The molecule has 1 aromatic heterocycles. The molecule has 174 valence electrons. The summed E-state index contributed by atoms with van der Waals surface area (Å²) in [6.45, 7) is 2.84. The number of aliphatic carboxylic acids is 1. The molecule has 0 radical (unpaired) electrons. The Morgan fingerprint density at radius 1 is 1.10 bits per heavy atom. The van der Waals surface area contributed by atoms with E-state index in [0.717, 1.165) is 0 Å². The maximum atomic E-state index is 12.7. The number of aliphatic hydroxyl groups excluding tert-OH is 1. The third kappa shape index (κ3) is 8.94. The first kappa shape index (κ1) is 26.4. The number of rotatable bonds is 13. The van der Waals surface area contributed by atoms with Gasteiger partial charge in [-0.2, -0.15) is 12.6 Å². The summed E-state index contributed by atoms with van der Waals surface area (Å²) in [5.74, 6) is -3.49. The lowest BCUT2D eigenvalue weighted by molar-refractivity contribution is -0.143. The van der Waals surface area contributed by atoms with Gasteiger partial charge in [0.1, 0.15) is 18.1 Å². The number of carboxylic acid groups (broad SMARTS) is 1. The van der Waals surface area contributed by atoms with Gasteiger partial charge < -0.3 is 36.9 Å². The Morgan fingerprint density at radius 3 is 2.16 bits per heavy atom. The van der Waals surface area contributed by atoms with Gasteiger partial charge in [0, 0.05) is 24.1 Å². The normalized spacial score (nSPS) is 14.9. The minimum Gasteiger partial charge on any atom is -0.480 e. The maximum absolute atomic E-state index is 12.7. The smallest absolute Gasteiger partial charge is 0.328 e. The number of aliphatic hydroxyl groups is 1. The molecule has 4 unspecified atom stereocenters. The summed E-state index contributed by atoms with van der Waals surface area (Å²) in [6, 6.07) is -4.58. The fraction of sp³-hybridized carbons (Fsp3) is 0.611. The highest BCUT2D eigenvalue weighted by Crippen LogP contribution is 2.07. The SMILES string of the molecule is CC(C)CC(NC(=O)C(CS)NC(=O)C(N)Cc1cnc[nH]1)C(=O)NC(CO)C(=O)O. The van der Waals surface area contributed by atoms with E-state index in [9.17, 15) is 19.2 Å². The first-order valence-corrected chi connectivity index (χ1v) is 10.3. The summed E-state index contributed by atoms with van der Waals surface area (Å²) < 4.78 is 0. The number of carboxylic acids is 1. The molecule has 1 heterocycles. The molecule has 0 saturated heterocycles. The van der Waals surface area contributed by atoms with Crippen molar-refractivity contribution in [1.29, 1.82) is 0 Å². The predicted octanol–water partition coefficient (Wildman–Crippen LogP) is -2.21. The van der Waals surface area contributed by atoms with E-state index in [2.05, 4.69) is 38.5 Å². The number of imidazole rings is 1. The van der Waals surface area contributed by atoms with Crippen LogP contribution in [-0.2, 0) is 25.6 Å². The van der Waals surface area contributed by atoms with Crippen molar-refractivity contribution in [2.45, 2.75) is 50.9 Å². The zero-order valence-corrected chi connectivity index (χ0v) is 18.3. The lowest BCUT2D eigenvalue weighted by Gasteiger charge is -2.25. The number of H-pyrrole nitrogens is 1. The van der Waals surface area contributed by atoms with Crippen molar-refractivity contribution in [3.05, 3.63) is 18.2 Å². The van der Waals surface area contributed by atoms with E-state index in [0.29, 0.717) is 5.69 Å². The van der Waals surface area contributed by atoms with E-state index in [-0.39, 0.29) is 24.5 Å². The Hall–Kier alpha value is -2.64. The molecule has 0 saturated carbocycles. The second kappa shape index (κ2) is 12.9. The third-order valence-corrected chi connectivity index (χ3v) is 4.65. The van der Waals surface area contributed by atoms with Crippen LogP contribution in [0, 0.1) is 5.92 Å². The zero-order chi connectivity index (χ0) is 23.6. The zero-order valence-electron chi connectivity index (χ0n) is 17.4. The molecule has 0 fully saturated rings. The molecule has 13 heteroatoms. The number of hydrogen-bond donors (Lipinski definition) is 8. The molecule has 1 aromatic rings. The highest BCUT2D eigenvalue weighted by atomic mass is 32.1. The van der Waals surface area contributed by atoms with Crippen LogP contribution in [0.3, 0.4) is 0 Å². The van der Waals surface area contributed by atoms with Crippen LogP contribution in [0.15, 0.2) is 12.5 Å². The number of amides is 3. The maximum Gasteiger partial charge on any atom is 0.328 e. The molecule has 0 aliphatic heterocycles. The van der Waals surface area contributed by atoms with Crippen LogP contribution in [0.5, 0.6) is 0 Å². The van der Waals surface area contributed by atoms with Crippen molar-refractivity contribution in [1.82, 2.24) is 25.9 Å². The number of carbonyl (C=O) groups is 4. The first-order chi connectivity index (χ1) is 14.6. The fourth-order valence-corrected chi connectivity index (χ4v) is 2.89. The standard InChI is InChI=1S/C18H30N6O6S/c1-9(2)3-12(16(27)23-13(6-25)18(29)30)22-17(28)14(7-31)24-15(26)11(19)4-10-5-20-8-21-10/h5,8-9,11-14,25,31H,3-4,6-7,19H2,1-2H3,(H,20,21)(H,22,28)(H,23,27)(H,24,26)(H,29,30). The van der Waals surface area contributed by atoms with E-state index in [1.54, 1.807) is 0 Å². The summed E-state index contributed by atoms with van der Waals surface area (Å²) >= 11 is 4.08. The Balaban J connectivity index is 2.77. The van der Waals surface area contributed by atoms with Gasteiger partial charge in [0.2, 0.25) is 17.7 Å². The molecule has 31 heavy (non-hydrogen) atoms. The number of hydrogen-bond acceptors (Lipinski definition) is 8. The number of nitrogens with one attached hydrogen (secondary N) is 4. The van der Waals surface area contributed by atoms with Crippen LogP contribution in [-0.4, -0.2) is 80.4 Å². The van der Waals surface area contributed by atoms with E-state index < -0.39 is 54.5 Å². The number of aromatic amines is 1. The highest BCUT2D eigenvalue weighted by molar-refractivity contribution is 7.80. The molecule has 0 aliphatic rings. The monoisotopic (exact) mass is 458 g/mol. The van der Waals surface area contributed by atoms with Gasteiger partial charge in [0.05, 0.1) is 19.0 Å². The molecule has 0 aliphatic carbocycles. The lowest BCUT2D eigenvalue weighted by Crippen LogP contribution is -2.58. The van der Waals surface area contributed by atoms with Crippen molar-refractivity contribution >= 4 is 36.3 Å². The van der Waals surface area contributed by atoms with Gasteiger partial charge in [0.15, 0.2) is 0 Å². The van der Waals surface area contributed by atoms with Gasteiger partial charge in [-0.05, 0) is 12.3 Å². The van der Waals surface area contributed by atoms with Gasteiger partial charge in [0.25, 0.3) is 0 Å². The molecular weight excluding hydrogens is 428 g/mol. The van der Waals surface area contributed by atoms with E-state index in [1.165, 1.54) is 12.5 Å². The summed E-state index contributed by atoms with van der Waals surface area (Å²) in [5, 5.41) is 25.3. The fourth-order valence-electron chi connectivity index (χ4n) is 2.63. The van der Waals surface area contributed by atoms with Gasteiger partial charge >= 0.3 is 5.97 Å². The quantitative estimate of drug-likeness (QED) is 0.152. The number of carbonyl (C=O) groups excluding carboxylic acids is 3. The average Bonchev–Trinajstić information content (AvgIpc) is 3.21. The van der Waals surface area contributed by atoms with E-state index in [1.807, 2.05) is 13.8 Å². The van der Waals surface area contributed by atoms with Crippen LogP contribution in [0.4, 0.5) is 0 Å². The van der Waals surface area contributed by atoms with E-state index in [4.69, 9.17) is 15.9 Å². The Morgan fingerprint density at radius 2 is 1.68 bits per heavy atom. The number of aromatic nitrogens is 2. The lowest BCUT2D eigenvalue weighted by atomic mass is 10.0. The molecule has 4 atom stereocenters. The van der Waals surface area contributed by atoms with Gasteiger partial charge in [-0.25, -0.2) is 9.78 Å². The van der Waals surface area contributed by atoms with Crippen molar-refractivity contribution in [2.75, 3.05) is 12.4 Å². The molecule has 8 N–H and O–H groups in total. The number of thiol groups is 1. The summed E-state index contributed by atoms with van der Waals surface area (Å²) in [5.41, 5.74) is 6.52. The van der Waals surface area contributed by atoms with Gasteiger partial charge in [-0.1, -0.05) is 13.8 Å². The second-order valence-electron chi connectivity index (χ2n) is 7.40. The topological polar surface area (TPSA) is 200 Å². The Bertz CT molecular complexity index is 744. The van der Waals surface area contributed by atoms with E-state index >= 15 is 0 Å². The molecular formula is C18H30N6O6S.